The van der Waals surface area contributed by atoms with Crippen LogP contribution in [-0.2, 0) is 0 Å². The van der Waals surface area contributed by atoms with Crippen LogP contribution in [0, 0.1) is 11.2 Å². The van der Waals surface area contributed by atoms with Crippen LogP contribution in [0.3, 0.4) is 0 Å². The van der Waals surface area contributed by atoms with Crippen LogP contribution in [0.4, 0.5) is 4.39 Å². The van der Waals surface area contributed by atoms with Gasteiger partial charge in [-0.3, -0.25) is 4.79 Å². The van der Waals surface area contributed by atoms with E-state index in [1.807, 2.05) is 0 Å². The first kappa shape index (κ1) is 12.8. The summed E-state index contributed by atoms with van der Waals surface area (Å²) in [5.41, 5.74) is 5.99. The highest BCUT2D eigenvalue weighted by Gasteiger charge is 2.41. The van der Waals surface area contributed by atoms with Gasteiger partial charge in [0, 0.05) is 17.5 Å². The summed E-state index contributed by atoms with van der Waals surface area (Å²) >= 11 is 0. The van der Waals surface area contributed by atoms with E-state index in [0.29, 0.717) is 18.7 Å². The number of hydrogen-bond donors (Lipinski definition) is 2. The van der Waals surface area contributed by atoms with E-state index in [0.717, 1.165) is 12.8 Å². The molecule has 0 aliphatic heterocycles. The number of rotatable bonds is 5. The normalized spacial score (nSPS) is 16.2. The summed E-state index contributed by atoms with van der Waals surface area (Å²) < 4.78 is 18.2. The lowest BCUT2D eigenvalue weighted by molar-refractivity contribution is 0.0945. The summed E-state index contributed by atoms with van der Waals surface area (Å²) in [6.45, 7) is 1.13. The minimum Gasteiger partial charge on any atom is -0.494 e. The summed E-state index contributed by atoms with van der Waals surface area (Å²) in [4.78, 5) is 11.8. The number of ether oxygens (including phenoxy) is 1. The number of carbonyl (C=O) groups excluding carboxylic acids is 1. The molecule has 5 heteroatoms. The van der Waals surface area contributed by atoms with Crippen molar-refractivity contribution in [3.05, 3.63) is 29.6 Å². The van der Waals surface area contributed by atoms with E-state index >= 15 is 0 Å². The Hall–Kier alpha value is -1.62. The van der Waals surface area contributed by atoms with Gasteiger partial charge in [0.1, 0.15) is 0 Å². The zero-order valence-corrected chi connectivity index (χ0v) is 10.3. The first-order valence-electron chi connectivity index (χ1n) is 5.92. The average Bonchev–Trinajstić information content (AvgIpc) is 3.16. The number of hydrogen-bond acceptors (Lipinski definition) is 3. The monoisotopic (exact) mass is 252 g/mol. The molecule has 4 nitrogen and oxygen atoms in total. The van der Waals surface area contributed by atoms with E-state index < -0.39 is 5.82 Å². The largest absolute Gasteiger partial charge is 0.494 e. The molecule has 0 spiro atoms. The number of amides is 1. The van der Waals surface area contributed by atoms with Crippen LogP contribution in [-0.4, -0.2) is 26.1 Å². The van der Waals surface area contributed by atoms with Gasteiger partial charge in [-0.25, -0.2) is 4.39 Å². The average molecular weight is 252 g/mol. The minimum atomic E-state index is -0.537. The number of halogens is 1. The van der Waals surface area contributed by atoms with Crippen molar-refractivity contribution >= 4 is 5.91 Å². The molecule has 0 aromatic heterocycles. The van der Waals surface area contributed by atoms with E-state index in [1.54, 1.807) is 6.07 Å². The highest BCUT2D eigenvalue weighted by atomic mass is 19.1. The Morgan fingerprint density at radius 3 is 2.78 bits per heavy atom. The Labute approximate surface area is 105 Å². The zero-order valence-electron chi connectivity index (χ0n) is 10.3. The Bertz CT molecular complexity index is 458. The zero-order chi connectivity index (χ0) is 13.2. The van der Waals surface area contributed by atoms with Gasteiger partial charge in [0.15, 0.2) is 11.6 Å². The predicted molar refractivity (Wildman–Crippen MR) is 66.0 cm³/mol. The summed E-state index contributed by atoms with van der Waals surface area (Å²) in [5.74, 6) is -0.687. The maximum absolute atomic E-state index is 13.4. The molecule has 3 N–H and O–H groups in total. The standard InChI is InChI=1S/C13H17FN2O2/c1-18-11-3-2-9(6-10(11)14)12(17)16-8-13(7-15)4-5-13/h2-3,6H,4-5,7-8,15H2,1H3,(H,16,17). The molecular weight excluding hydrogens is 235 g/mol. The summed E-state index contributed by atoms with van der Waals surface area (Å²) in [6, 6.07) is 4.16. The SMILES string of the molecule is COc1ccc(C(=O)NCC2(CN)CC2)cc1F. The van der Waals surface area contributed by atoms with Crippen molar-refractivity contribution in [3.63, 3.8) is 0 Å². The van der Waals surface area contributed by atoms with Crippen molar-refractivity contribution in [2.45, 2.75) is 12.8 Å². The van der Waals surface area contributed by atoms with E-state index in [4.69, 9.17) is 10.5 Å². The molecular formula is C13H17FN2O2. The van der Waals surface area contributed by atoms with Crippen LogP contribution in [0.2, 0.25) is 0 Å². The van der Waals surface area contributed by atoms with Gasteiger partial charge in [0.05, 0.1) is 7.11 Å². The van der Waals surface area contributed by atoms with E-state index in [1.165, 1.54) is 19.2 Å². The molecule has 1 aromatic rings. The van der Waals surface area contributed by atoms with Crippen LogP contribution >= 0.6 is 0 Å². The van der Waals surface area contributed by atoms with Crippen molar-refractivity contribution in [2.24, 2.45) is 11.1 Å². The predicted octanol–water partition coefficient (Wildman–Crippen LogP) is 1.30. The van der Waals surface area contributed by atoms with Crippen LogP contribution in [0.25, 0.3) is 0 Å². The molecule has 0 bridgehead atoms. The van der Waals surface area contributed by atoms with E-state index in [-0.39, 0.29) is 17.1 Å². The molecule has 1 aromatic carbocycles. The first-order chi connectivity index (χ1) is 8.60. The van der Waals surface area contributed by atoms with Gasteiger partial charge in [0.2, 0.25) is 0 Å². The molecule has 98 valence electrons. The number of methoxy groups -OCH3 is 1. The molecule has 1 amide bonds. The van der Waals surface area contributed by atoms with Gasteiger partial charge < -0.3 is 15.8 Å². The van der Waals surface area contributed by atoms with Gasteiger partial charge in [-0.2, -0.15) is 0 Å². The molecule has 1 aliphatic carbocycles. The second kappa shape index (κ2) is 4.94. The van der Waals surface area contributed by atoms with Crippen LogP contribution < -0.4 is 15.8 Å². The fraction of sp³-hybridized carbons (Fsp3) is 0.462. The van der Waals surface area contributed by atoms with Crippen molar-refractivity contribution in [1.82, 2.24) is 5.32 Å². The number of nitrogens with one attached hydrogen (secondary N) is 1. The number of carbonyl (C=O) groups is 1. The minimum absolute atomic E-state index is 0.0701. The molecule has 1 aliphatic rings. The summed E-state index contributed by atoms with van der Waals surface area (Å²) in [7, 11) is 1.39. The van der Waals surface area contributed by atoms with Crippen LogP contribution in [0.1, 0.15) is 23.2 Å². The fourth-order valence-electron chi connectivity index (χ4n) is 1.81. The van der Waals surface area contributed by atoms with Crippen LogP contribution in [0.15, 0.2) is 18.2 Å². The lowest BCUT2D eigenvalue weighted by Crippen LogP contribution is -2.33. The highest BCUT2D eigenvalue weighted by molar-refractivity contribution is 5.94. The maximum atomic E-state index is 13.4. The van der Waals surface area contributed by atoms with E-state index in [2.05, 4.69) is 5.32 Å². The molecule has 18 heavy (non-hydrogen) atoms. The molecule has 2 rings (SSSR count). The first-order valence-corrected chi connectivity index (χ1v) is 5.92. The Morgan fingerprint density at radius 2 is 2.28 bits per heavy atom. The van der Waals surface area contributed by atoms with Crippen LogP contribution in [0.5, 0.6) is 5.75 Å². The Morgan fingerprint density at radius 1 is 1.56 bits per heavy atom. The van der Waals surface area contributed by atoms with Crippen molar-refractivity contribution in [1.29, 1.82) is 0 Å². The second-order valence-electron chi connectivity index (χ2n) is 4.74. The van der Waals surface area contributed by atoms with Gasteiger partial charge in [-0.05, 0) is 37.6 Å². The maximum Gasteiger partial charge on any atom is 0.251 e. The lowest BCUT2D eigenvalue weighted by Gasteiger charge is -2.13. The topological polar surface area (TPSA) is 64.3 Å². The molecule has 0 heterocycles. The van der Waals surface area contributed by atoms with Gasteiger partial charge in [-0.1, -0.05) is 0 Å². The summed E-state index contributed by atoms with van der Waals surface area (Å²) in [5, 5.41) is 2.79. The molecule has 0 radical (unpaired) electrons. The summed E-state index contributed by atoms with van der Waals surface area (Å²) in [6.07, 6.45) is 2.08. The third-order valence-electron chi connectivity index (χ3n) is 3.43. The Balaban J connectivity index is 1.98. The molecule has 1 saturated carbocycles. The molecule has 0 saturated heterocycles. The molecule has 1 fully saturated rings. The smallest absolute Gasteiger partial charge is 0.251 e. The lowest BCUT2D eigenvalue weighted by atomic mass is 10.1. The van der Waals surface area contributed by atoms with Crippen molar-refractivity contribution < 1.29 is 13.9 Å². The molecule has 0 unspecified atom stereocenters. The quantitative estimate of drug-likeness (QED) is 0.830. The Kier molecular flexibility index (Phi) is 3.52. The van der Waals surface area contributed by atoms with Crippen molar-refractivity contribution in [3.8, 4) is 5.75 Å². The third kappa shape index (κ3) is 2.61. The number of benzene rings is 1. The number of nitrogens with two attached hydrogens (primary N) is 1. The van der Waals surface area contributed by atoms with E-state index in [9.17, 15) is 9.18 Å². The van der Waals surface area contributed by atoms with Gasteiger partial charge in [0.25, 0.3) is 5.91 Å². The second-order valence-corrected chi connectivity index (χ2v) is 4.74. The van der Waals surface area contributed by atoms with Gasteiger partial charge in [-0.15, -0.1) is 0 Å². The van der Waals surface area contributed by atoms with Crippen molar-refractivity contribution in [2.75, 3.05) is 20.2 Å². The third-order valence-corrected chi connectivity index (χ3v) is 3.43. The van der Waals surface area contributed by atoms with Gasteiger partial charge >= 0.3 is 0 Å². The molecule has 0 atom stereocenters. The highest BCUT2D eigenvalue weighted by Crippen LogP contribution is 2.43. The fourth-order valence-corrected chi connectivity index (χ4v) is 1.81.